The van der Waals surface area contributed by atoms with Crippen LogP contribution in [0.25, 0.3) is 21.7 Å². The van der Waals surface area contributed by atoms with Gasteiger partial charge in [0.05, 0.1) is 0 Å². The van der Waals surface area contributed by atoms with Gasteiger partial charge in [-0.25, -0.2) is 28.8 Å². The molecule has 0 fully saturated rings. The van der Waals surface area contributed by atoms with Crippen LogP contribution in [0, 0.1) is 6.07 Å². The molecule has 12 nitrogen and oxygen atoms in total. The standard InChI is InChI=1S/C13H8N.C12H12BN8.CHF3O3S.FH.Pd/c1-2-6-12-10(4-1)7-8-11-5-3-9-14-13(11)12;1-5-14-18(9-1)13(19-10-2-6-15-19,20-11-3-7-16-20)21-12-4-8-17-21;2-1(3,4)8(5,6)7;;/h1-5,7-9H;1-12H;(H,5,6,7);1H;/q2*-1;;;/p-2. The molecule has 0 spiro atoms. The molecule has 5 heterocycles. The zero-order valence-electron chi connectivity index (χ0n) is 22.6. The number of rotatable bonds is 4. The molecule has 0 aliphatic carbocycles. The van der Waals surface area contributed by atoms with Gasteiger partial charge in [-0.2, -0.15) is 13.2 Å². The molecule has 5 aromatic heterocycles. The summed E-state index contributed by atoms with van der Waals surface area (Å²) in [6.45, 7) is -1.83. The molecular weight excluding hydrogens is 712 g/mol. The first-order chi connectivity index (χ1) is 20.6. The summed E-state index contributed by atoms with van der Waals surface area (Å²) < 4.78 is 66.2. The van der Waals surface area contributed by atoms with Gasteiger partial charge in [-0.1, -0.05) is 18.2 Å². The van der Waals surface area contributed by atoms with Gasteiger partial charge in [-0.15, -0.1) is 35.0 Å². The summed E-state index contributed by atoms with van der Waals surface area (Å²) in [5.74, 6) is 0. The molecule has 7 rings (SSSR count). The minimum absolute atomic E-state index is 0. The second-order valence-electron chi connectivity index (χ2n) is 8.81. The fraction of sp³-hybridized carbons (Fsp3) is 0.0385. The Balaban J connectivity index is 0.000000200. The number of hydrogen-bond acceptors (Lipinski definition) is 8. The number of nitrogens with zero attached hydrogens (tertiary/aromatic N) is 9. The monoisotopic (exact) mass is 731 g/mol. The van der Waals surface area contributed by atoms with Gasteiger partial charge in [0.1, 0.15) is 0 Å². The normalized spacial score (nSPS) is 11.4. The molecule has 0 aliphatic heterocycles. The Hall–Kier alpha value is -4.69. The van der Waals surface area contributed by atoms with Crippen LogP contribution in [0.15, 0.2) is 123 Å². The fourth-order valence-corrected chi connectivity index (χ4v) is 4.40. The number of alkyl halides is 3. The van der Waals surface area contributed by atoms with Crippen molar-refractivity contribution in [1.29, 1.82) is 0 Å². The van der Waals surface area contributed by atoms with Crippen LogP contribution in [-0.2, 0) is 30.5 Å². The molecular formula is C26H20BF4N9O3PdS-4. The van der Waals surface area contributed by atoms with Crippen LogP contribution in [0.4, 0.5) is 13.2 Å². The second-order valence-corrected chi connectivity index (χ2v) is 10.2. The number of halogens is 4. The first kappa shape index (κ1) is 34.8. The van der Waals surface area contributed by atoms with Gasteiger partial charge < -0.3 is 32.6 Å². The van der Waals surface area contributed by atoms with Crippen molar-refractivity contribution in [3.8, 4) is 0 Å². The summed E-state index contributed by atoms with van der Waals surface area (Å²) >= 11 is 0. The van der Waals surface area contributed by atoms with E-state index in [1.165, 1.54) is 10.8 Å². The summed E-state index contributed by atoms with van der Waals surface area (Å²) in [6.07, 6.45) is 16.3. The minimum Gasteiger partial charge on any atom is -1.00 e. The molecule has 0 N–H and O–H groups in total. The summed E-state index contributed by atoms with van der Waals surface area (Å²) in [5, 5.41) is 21.1. The largest absolute Gasteiger partial charge is 1.00 e. The Morgan fingerprint density at radius 2 is 1.11 bits per heavy atom. The van der Waals surface area contributed by atoms with Crippen LogP contribution < -0.4 is 4.70 Å². The van der Waals surface area contributed by atoms with E-state index >= 15 is 0 Å². The molecule has 238 valence electrons. The third kappa shape index (κ3) is 7.18. The van der Waals surface area contributed by atoms with Gasteiger partial charge in [0.25, 0.3) is 0 Å². The van der Waals surface area contributed by atoms with Crippen LogP contribution in [-0.4, -0.2) is 68.9 Å². The smallest absolute Gasteiger partial charge is 0.485 e. The van der Waals surface area contributed by atoms with Crippen LogP contribution in [0.5, 0.6) is 0 Å². The average Bonchev–Trinajstić information content (AvgIpc) is 3.83. The molecule has 19 heteroatoms. The number of aromatic nitrogens is 9. The maximum Gasteiger partial charge on any atom is 0.485 e. The summed E-state index contributed by atoms with van der Waals surface area (Å²) in [6, 6.07) is 24.9. The summed E-state index contributed by atoms with van der Waals surface area (Å²) in [5.41, 5.74) is -4.61. The van der Waals surface area contributed by atoms with E-state index in [9.17, 15) is 13.2 Å². The fourth-order valence-electron chi connectivity index (χ4n) is 4.40. The predicted octanol–water partition coefficient (Wildman–Crippen LogP) is 0.642. The number of benzene rings is 2. The zero-order chi connectivity index (χ0) is 30.5. The van der Waals surface area contributed by atoms with E-state index in [0.717, 1.165) is 10.9 Å². The van der Waals surface area contributed by atoms with Gasteiger partial charge >= 0.3 is 12.2 Å². The molecule has 7 aromatic rings. The molecule has 0 saturated carbocycles. The van der Waals surface area contributed by atoms with Crippen molar-refractivity contribution in [1.82, 2.24) is 43.7 Å². The predicted molar refractivity (Wildman–Crippen MR) is 150 cm³/mol. The van der Waals surface area contributed by atoms with Crippen molar-refractivity contribution in [3.63, 3.8) is 0 Å². The zero-order valence-corrected chi connectivity index (χ0v) is 25.0. The molecule has 0 radical (unpaired) electrons. The molecule has 0 unspecified atom stereocenters. The SMILES string of the molecule is O=S(=O)([O-])C(F)(F)F.[F-].[Pd].[c-]1cccc2ccc3cccnc3c12.c1cnn([B-](n2cccn2)(n2cccn2)n2cccn2)c1. The van der Waals surface area contributed by atoms with Crippen LogP contribution in [0.2, 0.25) is 0 Å². The van der Waals surface area contributed by atoms with Crippen molar-refractivity contribution < 1.29 is 51.3 Å². The van der Waals surface area contributed by atoms with E-state index in [-0.39, 0.29) is 25.1 Å². The van der Waals surface area contributed by atoms with Gasteiger partial charge in [-0.3, -0.25) is 0 Å². The summed E-state index contributed by atoms with van der Waals surface area (Å²) in [7, 11) is -6.09. The summed E-state index contributed by atoms with van der Waals surface area (Å²) in [4.78, 5) is 4.38. The molecule has 0 saturated heterocycles. The molecule has 0 amide bonds. The molecule has 45 heavy (non-hydrogen) atoms. The van der Waals surface area contributed by atoms with Crippen molar-refractivity contribution in [2.24, 2.45) is 0 Å². The molecule has 0 aliphatic rings. The van der Waals surface area contributed by atoms with E-state index in [1.54, 1.807) is 24.8 Å². The van der Waals surface area contributed by atoms with Crippen molar-refractivity contribution in [2.45, 2.75) is 5.51 Å². The molecule has 0 bridgehead atoms. The maximum absolute atomic E-state index is 10.7. The molecule has 2 aromatic carbocycles. The third-order valence-corrected chi connectivity index (χ3v) is 6.78. The Morgan fingerprint density at radius 3 is 1.51 bits per heavy atom. The van der Waals surface area contributed by atoms with E-state index < -0.39 is 22.3 Å². The number of pyridine rings is 1. The Kier molecular flexibility index (Phi) is 11.1. The first-order valence-electron chi connectivity index (χ1n) is 12.4. The maximum atomic E-state index is 10.7. The van der Waals surface area contributed by atoms with E-state index in [2.05, 4.69) is 55.7 Å². The quantitative estimate of drug-likeness (QED) is 0.0642. The molecule has 0 atom stereocenters. The third-order valence-electron chi connectivity index (χ3n) is 6.21. The van der Waals surface area contributed by atoms with Gasteiger partial charge in [0.2, 0.25) is 0 Å². The Bertz CT molecular complexity index is 1810. The van der Waals surface area contributed by atoms with Gasteiger partial charge in [0, 0.05) is 51.4 Å². The Morgan fingerprint density at radius 1 is 0.689 bits per heavy atom. The van der Waals surface area contributed by atoms with E-state index in [4.69, 9.17) is 13.0 Å². The van der Waals surface area contributed by atoms with Crippen molar-refractivity contribution >= 4 is 38.5 Å². The van der Waals surface area contributed by atoms with Crippen molar-refractivity contribution in [2.75, 3.05) is 0 Å². The average molecular weight is 732 g/mol. The van der Waals surface area contributed by atoms with Crippen LogP contribution in [0.3, 0.4) is 0 Å². The second kappa shape index (κ2) is 14.4. The van der Waals surface area contributed by atoms with Gasteiger partial charge in [0.15, 0.2) is 10.1 Å². The van der Waals surface area contributed by atoms with Gasteiger partial charge in [-0.05, 0) is 66.0 Å². The minimum atomic E-state index is -6.09. The topological polar surface area (TPSA) is 141 Å². The van der Waals surface area contributed by atoms with E-state index in [0.29, 0.717) is 0 Å². The number of hydrogen-bond donors (Lipinski definition) is 0. The first-order valence-corrected chi connectivity index (χ1v) is 13.8. The van der Waals surface area contributed by atoms with Crippen LogP contribution >= 0.6 is 0 Å². The Labute approximate surface area is 266 Å². The van der Waals surface area contributed by atoms with E-state index in [1.807, 2.05) is 91.8 Å². The van der Waals surface area contributed by atoms with Crippen molar-refractivity contribution in [3.05, 3.63) is 129 Å². The number of fused-ring (bicyclic) bond motifs is 3. The van der Waals surface area contributed by atoms with Crippen LogP contribution in [0.1, 0.15) is 0 Å².